The molecule has 2 rings (SSSR count). The maximum Gasteiger partial charge on any atom is 0.310 e. The van der Waals surface area contributed by atoms with Gasteiger partial charge in [-0.15, -0.1) is 0 Å². The summed E-state index contributed by atoms with van der Waals surface area (Å²) in [5.41, 5.74) is 5.68. The van der Waals surface area contributed by atoms with E-state index in [9.17, 15) is 24.0 Å². The fraction of sp³-hybridized carbons (Fsp3) is 0.286. The lowest BCUT2D eigenvalue weighted by molar-refractivity contribution is -0.148. The summed E-state index contributed by atoms with van der Waals surface area (Å²) in [6.45, 7) is -0.683. The molecule has 1 unspecified atom stereocenters. The van der Waals surface area contributed by atoms with Crippen molar-refractivity contribution >= 4 is 40.3 Å². The van der Waals surface area contributed by atoms with Crippen molar-refractivity contribution in [2.75, 3.05) is 6.61 Å². The van der Waals surface area contributed by atoms with E-state index in [-0.39, 0.29) is 19.3 Å². The summed E-state index contributed by atoms with van der Waals surface area (Å²) in [6, 6.07) is 11.6. The minimum absolute atomic E-state index is 0.0663. The van der Waals surface area contributed by atoms with Gasteiger partial charge in [-0.1, -0.05) is 42.5 Å². The summed E-state index contributed by atoms with van der Waals surface area (Å²) in [7, 11) is 0. The molecule has 2 aromatic rings. The van der Waals surface area contributed by atoms with Gasteiger partial charge in [0, 0.05) is 12.8 Å². The van der Waals surface area contributed by atoms with Crippen molar-refractivity contribution in [1.82, 2.24) is 5.32 Å². The average molecular weight is 414 g/mol. The molecule has 0 aliphatic heterocycles. The number of esters is 1. The monoisotopic (exact) mass is 414 g/mol. The molecule has 0 saturated carbocycles. The van der Waals surface area contributed by atoms with E-state index in [1.165, 1.54) is 0 Å². The van der Waals surface area contributed by atoms with Gasteiger partial charge in [0.05, 0.1) is 12.8 Å². The number of carbonyl (C=O) groups is 5. The SMILES string of the molecule is NC(=O)CCC(=O)NC(CC(=O)O)C(=O)COC(=O)Cc1cccc2ccccc12. The molecule has 0 heterocycles. The first-order valence-electron chi connectivity index (χ1n) is 9.20. The van der Waals surface area contributed by atoms with Gasteiger partial charge in [-0.05, 0) is 16.3 Å². The second-order valence-electron chi connectivity index (χ2n) is 6.63. The maximum absolute atomic E-state index is 12.3. The molecule has 0 aliphatic rings. The van der Waals surface area contributed by atoms with E-state index in [4.69, 9.17) is 15.6 Å². The van der Waals surface area contributed by atoms with Gasteiger partial charge in [0.1, 0.15) is 6.04 Å². The molecule has 1 atom stereocenters. The van der Waals surface area contributed by atoms with Gasteiger partial charge in [0.15, 0.2) is 12.4 Å². The number of nitrogens with two attached hydrogens (primary N) is 1. The van der Waals surface area contributed by atoms with Crippen LogP contribution in [-0.2, 0) is 35.1 Å². The third-order valence-corrected chi connectivity index (χ3v) is 4.29. The topological polar surface area (TPSA) is 153 Å². The van der Waals surface area contributed by atoms with Crippen LogP contribution in [0.4, 0.5) is 0 Å². The highest BCUT2D eigenvalue weighted by atomic mass is 16.5. The zero-order chi connectivity index (χ0) is 22.1. The van der Waals surface area contributed by atoms with Gasteiger partial charge in [0.2, 0.25) is 11.8 Å². The van der Waals surface area contributed by atoms with Crippen LogP contribution < -0.4 is 11.1 Å². The van der Waals surface area contributed by atoms with Crippen LogP contribution in [-0.4, -0.2) is 47.3 Å². The van der Waals surface area contributed by atoms with E-state index < -0.39 is 48.6 Å². The van der Waals surface area contributed by atoms with E-state index in [1.54, 1.807) is 12.1 Å². The molecule has 30 heavy (non-hydrogen) atoms. The van der Waals surface area contributed by atoms with Crippen LogP contribution in [0.2, 0.25) is 0 Å². The summed E-state index contributed by atoms with van der Waals surface area (Å²) >= 11 is 0. The van der Waals surface area contributed by atoms with E-state index in [1.807, 2.05) is 30.3 Å². The molecule has 4 N–H and O–H groups in total. The van der Waals surface area contributed by atoms with Crippen LogP contribution in [0.5, 0.6) is 0 Å². The van der Waals surface area contributed by atoms with Crippen molar-refractivity contribution in [1.29, 1.82) is 0 Å². The molecule has 0 aliphatic carbocycles. The normalized spacial score (nSPS) is 11.5. The predicted octanol–water partition coefficient (Wildman–Crippen LogP) is 0.720. The molecular weight excluding hydrogens is 392 g/mol. The number of carbonyl (C=O) groups excluding carboxylic acids is 4. The fourth-order valence-electron chi connectivity index (χ4n) is 2.83. The number of benzene rings is 2. The molecule has 0 spiro atoms. The Hall–Kier alpha value is -3.75. The molecule has 9 heteroatoms. The van der Waals surface area contributed by atoms with Crippen molar-refractivity contribution in [3.05, 3.63) is 48.0 Å². The number of fused-ring (bicyclic) bond motifs is 1. The number of amides is 2. The van der Waals surface area contributed by atoms with Crippen LogP contribution in [0, 0.1) is 0 Å². The Morgan fingerprint density at radius 2 is 1.70 bits per heavy atom. The van der Waals surface area contributed by atoms with Crippen molar-refractivity contribution < 1.29 is 33.8 Å². The Morgan fingerprint density at radius 3 is 2.40 bits per heavy atom. The van der Waals surface area contributed by atoms with Crippen LogP contribution in [0.3, 0.4) is 0 Å². The van der Waals surface area contributed by atoms with Crippen LogP contribution in [0.25, 0.3) is 10.8 Å². The lowest BCUT2D eigenvalue weighted by Crippen LogP contribution is -2.44. The fourth-order valence-corrected chi connectivity index (χ4v) is 2.83. The summed E-state index contributed by atoms with van der Waals surface area (Å²) < 4.78 is 4.99. The number of aliphatic carboxylic acids is 1. The average Bonchev–Trinajstić information content (AvgIpc) is 2.70. The molecule has 0 fully saturated rings. The van der Waals surface area contributed by atoms with E-state index in [2.05, 4.69) is 5.32 Å². The first-order valence-corrected chi connectivity index (χ1v) is 9.20. The quantitative estimate of drug-likeness (QED) is 0.458. The molecule has 2 amide bonds. The zero-order valence-corrected chi connectivity index (χ0v) is 16.1. The number of hydrogen-bond donors (Lipinski definition) is 3. The summed E-state index contributed by atoms with van der Waals surface area (Å²) in [5.74, 6) is -4.14. The largest absolute Gasteiger partial charge is 0.481 e. The van der Waals surface area contributed by atoms with Crippen LogP contribution >= 0.6 is 0 Å². The third kappa shape index (κ3) is 7.01. The molecule has 0 saturated heterocycles. The van der Waals surface area contributed by atoms with Crippen LogP contribution in [0.15, 0.2) is 42.5 Å². The zero-order valence-electron chi connectivity index (χ0n) is 16.1. The van der Waals surface area contributed by atoms with Gasteiger partial charge < -0.3 is 20.9 Å². The number of ketones is 1. The van der Waals surface area contributed by atoms with Crippen LogP contribution in [0.1, 0.15) is 24.8 Å². The first-order chi connectivity index (χ1) is 14.3. The Morgan fingerprint density at radius 1 is 1.00 bits per heavy atom. The Balaban J connectivity index is 1.94. The standard InChI is InChI=1S/C21H22N2O7/c22-18(25)8-9-19(26)23-16(11-20(27)28)17(24)12-30-21(29)10-14-6-3-5-13-4-1-2-7-15(13)14/h1-7,16H,8-12H2,(H2,22,25)(H,23,26)(H,27,28). The number of nitrogens with one attached hydrogen (secondary N) is 1. The highest BCUT2D eigenvalue weighted by molar-refractivity contribution is 5.94. The second kappa shape index (κ2) is 10.7. The number of hydrogen-bond acceptors (Lipinski definition) is 6. The highest BCUT2D eigenvalue weighted by Gasteiger charge is 2.25. The molecule has 0 bridgehead atoms. The second-order valence-corrected chi connectivity index (χ2v) is 6.63. The van der Waals surface area contributed by atoms with Gasteiger partial charge in [-0.25, -0.2) is 0 Å². The molecule has 0 radical (unpaired) electrons. The maximum atomic E-state index is 12.3. The van der Waals surface area contributed by atoms with E-state index in [0.29, 0.717) is 0 Å². The Labute approximate surface area is 172 Å². The van der Waals surface area contributed by atoms with E-state index in [0.717, 1.165) is 16.3 Å². The number of primary amides is 1. The Bertz CT molecular complexity index is 965. The lowest BCUT2D eigenvalue weighted by atomic mass is 10.0. The summed E-state index contributed by atoms with van der Waals surface area (Å²) in [6.07, 6.45) is -1.26. The van der Waals surface area contributed by atoms with Crippen molar-refractivity contribution in [2.45, 2.75) is 31.7 Å². The summed E-state index contributed by atoms with van der Waals surface area (Å²) in [5, 5.41) is 13.0. The predicted molar refractivity (Wildman–Crippen MR) is 106 cm³/mol. The number of carboxylic acid groups (broad SMARTS) is 1. The van der Waals surface area contributed by atoms with Gasteiger partial charge >= 0.3 is 11.9 Å². The number of Topliss-reactive ketones (excluding diaryl/α,β-unsaturated/α-hetero) is 1. The molecule has 0 aromatic heterocycles. The minimum atomic E-state index is -1.38. The Kier molecular flexibility index (Phi) is 8.04. The molecule has 158 valence electrons. The first kappa shape index (κ1) is 22.5. The van der Waals surface area contributed by atoms with Gasteiger partial charge in [-0.3, -0.25) is 24.0 Å². The lowest BCUT2D eigenvalue weighted by Gasteiger charge is -2.16. The molecular formula is C21H22N2O7. The molecule has 2 aromatic carbocycles. The van der Waals surface area contributed by atoms with Gasteiger partial charge in [0.25, 0.3) is 0 Å². The van der Waals surface area contributed by atoms with Crippen molar-refractivity contribution in [3.8, 4) is 0 Å². The number of ether oxygens (including phenoxy) is 1. The van der Waals surface area contributed by atoms with Gasteiger partial charge in [-0.2, -0.15) is 0 Å². The molecule has 9 nitrogen and oxygen atoms in total. The number of rotatable bonds is 11. The highest BCUT2D eigenvalue weighted by Crippen LogP contribution is 2.19. The minimum Gasteiger partial charge on any atom is -0.481 e. The van der Waals surface area contributed by atoms with E-state index >= 15 is 0 Å². The smallest absolute Gasteiger partial charge is 0.310 e. The third-order valence-electron chi connectivity index (χ3n) is 4.29. The van der Waals surface area contributed by atoms with Crippen molar-refractivity contribution in [2.24, 2.45) is 5.73 Å². The summed E-state index contributed by atoms with van der Waals surface area (Å²) in [4.78, 5) is 57.9. The number of carboxylic acids is 1. The van der Waals surface area contributed by atoms with Crippen molar-refractivity contribution in [3.63, 3.8) is 0 Å².